The number of rotatable bonds is 9. The second kappa shape index (κ2) is 11.5. The van der Waals surface area contributed by atoms with Crippen LogP contribution >= 0.6 is 15.8 Å². The fourth-order valence-electron chi connectivity index (χ4n) is 4.01. The second-order valence-corrected chi connectivity index (χ2v) is 12.2. The highest BCUT2D eigenvalue weighted by Gasteiger charge is 2.22. The Labute approximate surface area is 193 Å². The van der Waals surface area contributed by atoms with Crippen molar-refractivity contribution in [2.75, 3.05) is 12.3 Å². The largest absolute Gasteiger partial charge is 0.392 e. The second-order valence-electron chi connectivity index (χ2n) is 7.55. The lowest BCUT2D eigenvalue weighted by atomic mass is 10.2. The standard InChI is InChI=1S/C28H28O2P2/c29-21-23-11-7-9-17-27(23)31(25-13-3-1-4-14-25)19-20-32(26-15-5-2-6-16-26)28-18-10-8-12-24(28)22-30/h1-18,29-30H,19-22H2. The number of hydrogen-bond donors (Lipinski definition) is 2. The summed E-state index contributed by atoms with van der Waals surface area (Å²) in [5, 5.41) is 25.2. The zero-order valence-electron chi connectivity index (χ0n) is 18.0. The number of aliphatic hydroxyl groups is 2. The molecule has 2 N–H and O–H groups in total. The van der Waals surface area contributed by atoms with Crippen molar-refractivity contribution in [3.63, 3.8) is 0 Å². The molecule has 0 spiro atoms. The summed E-state index contributed by atoms with van der Waals surface area (Å²) in [4.78, 5) is 0. The smallest absolute Gasteiger partial charge is 0.0688 e. The fraction of sp³-hybridized carbons (Fsp3) is 0.143. The number of aliphatic hydroxyl groups excluding tert-OH is 2. The van der Waals surface area contributed by atoms with Crippen LogP contribution in [-0.2, 0) is 13.2 Å². The minimum Gasteiger partial charge on any atom is -0.392 e. The Morgan fingerprint density at radius 2 is 0.781 bits per heavy atom. The van der Waals surface area contributed by atoms with Crippen molar-refractivity contribution >= 4 is 37.1 Å². The summed E-state index contributed by atoms with van der Waals surface area (Å²) < 4.78 is 0. The molecule has 0 aliphatic heterocycles. The summed E-state index contributed by atoms with van der Waals surface area (Å²) in [6.45, 7) is 0.116. The zero-order valence-corrected chi connectivity index (χ0v) is 19.8. The normalized spacial score (nSPS) is 12.9. The van der Waals surface area contributed by atoms with Gasteiger partial charge in [0.1, 0.15) is 0 Å². The molecule has 0 saturated carbocycles. The van der Waals surface area contributed by atoms with Crippen LogP contribution in [0.3, 0.4) is 0 Å². The number of hydrogen-bond acceptors (Lipinski definition) is 2. The fourth-order valence-corrected chi connectivity index (χ4v) is 9.74. The van der Waals surface area contributed by atoms with Gasteiger partial charge in [0.15, 0.2) is 0 Å². The molecule has 0 radical (unpaired) electrons. The van der Waals surface area contributed by atoms with Crippen LogP contribution in [0.4, 0.5) is 0 Å². The molecule has 0 fully saturated rings. The zero-order chi connectivity index (χ0) is 22.2. The first-order valence-corrected chi connectivity index (χ1v) is 13.9. The molecule has 4 heteroatoms. The Kier molecular flexibility index (Phi) is 8.21. The molecular formula is C28H28O2P2. The first-order chi connectivity index (χ1) is 15.8. The SMILES string of the molecule is OCc1ccccc1P(CCP(c1ccccc1)c1ccccc1CO)c1ccccc1. The summed E-state index contributed by atoms with van der Waals surface area (Å²) in [6.07, 6.45) is 2.05. The lowest BCUT2D eigenvalue weighted by molar-refractivity contribution is 0.282. The van der Waals surface area contributed by atoms with E-state index >= 15 is 0 Å². The Bertz CT molecular complexity index is 1030. The highest BCUT2D eigenvalue weighted by molar-refractivity contribution is 7.76. The lowest BCUT2D eigenvalue weighted by Gasteiger charge is -2.26. The predicted molar refractivity (Wildman–Crippen MR) is 140 cm³/mol. The Balaban J connectivity index is 1.72. The summed E-state index contributed by atoms with van der Waals surface area (Å²) in [5.41, 5.74) is 2.03. The molecule has 0 saturated heterocycles. The summed E-state index contributed by atoms with van der Waals surface area (Å²) >= 11 is 0. The maximum absolute atomic E-state index is 10.0. The van der Waals surface area contributed by atoms with Gasteiger partial charge >= 0.3 is 0 Å². The highest BCUT2D eigenvalue weighted by atomic mass is 31.1. The quantitative estimate of drug-likeness (QED) is 0.369. The minimum atomic E-state index is -0.611. The monoisotopic (exact) mass is 458 g/mol. The van der Waals surface area contributed by atoms with Crippen LogP contribution < -0.4 is 21.2 Å². The van der Waals surface area contributed by atoms with Gasteiger partial charge in [-0.3, -0.25) is 0 Å². The van der Waals surface area contributed by atoms with Crippen LogP contribution in [0.1, 0.15) is 11.1 Å². The molecule has 0 aliphatic rings. The molecule has 0 bridgehead atoms. The summed E-state index contributed by atoms with van der Waals surface area (Å²) in [7, 11) is -1.22. The molecule has 162 valence electrons. The molecule has 0 amide bonds. The van der Waals surface area contributed by atoms with E-state index in [1.165, 1.54) is 21.2 Å². The molecule has 4 aromatic rings. The average molecular weight is 458 g/mol. The Morgan fingerprint density at radius 1 is 0.438 bits per heavy atom. The van der Waals surface area contributed by atoms with E-state index in [4.69, 9.17) is 0 Å². The average Bonchev–Trinajstić information content (AvgIpc) is 2.88. The van der Waals surface area contributed by atoms with Crippen molar-refractivity contribution in [2.24, 2.45) is 0 Å². The molecule has 4 aromatic carbocycles. The van der Waals surface area contributed by atoms with Crippen molar-refractivity contribution in [1.82, 2.24) is 0 Å². The molecule has 0 aliphatic carbocycles. The van der Waals surface area contributed by atoms with E-state index < -0.39 is 15.8 Å². The van der Waals surface area contributed by atoms with Gasteiger partial charge in [0, 0.05) is 0 Å². The highest BCUT2D eigenvalue weighted by Crippen LogP contribution is 2.42. The van der Waals surface area contributed by atoms with Crippen molar-refractivity contribution in [3.05, 3.63) is 120 Å². The van der Waals surface area contributed by atoms with Crippen LogP contribution in [0.25, 0.3) is 0 Å². The summed E-state index contributed by atoms with van der Waals surface area (Å²) in [5.74, 6) is 0. The van der Waals surface area contributed by atoms with Gasteiger partial charge in [-0.1, -0.05) is 109 Å². The van der Waals surface area contributed by atoms with Gasteiger partial charge in [-0.05, 0) is 60.5 Å². The van der Waals surface area contributed by atoms with Gasteiger partial charge in [-0.25, -0.2) is 0 Å². The molecular weight excluding hydrogens is 430 g/mol. The van der Waals surface area contributed by atoms with Crippen LogP contribution in [0, 0.1) is 0 Å². The maximum atomic E-state index is 10.0. The van der Waals surface area contributed by atoms with Gasteiger partial charge in [0.05, 0.1) is 13.2 Å². The van der Waals surface area contributed by atoms with Crippen LogP contribution in [0.2, 0.25) is 0 Å². The summed E-state index contributed by atoms with van der Waals surface area (Å²) in [6, 6.07) is 38.0. The Morgan fingerprint density at radius 3 is 1.16 bits per heavy atom. The molecule has 2 atom stereocenters. The first-order valence-electron chi connectivity index (χ1n) is 10.8. The van der Waals surface area contributed by atoms with E-state index in [0.717, 1.165) is 23.5 Å². The van der Waals surface area contributed by atoms with E-state index in [0.29, 0.717) is 0 Å². The molecule has 0 aromatic heterocycles. The predicted octanol–water partition coefficient (Wildman–Crippen LogP) is 4.24. The molecule has 2 nitrogen and oxygen atoms in total. The van der Waals surface area contributed by atoms with Crippen molar-refractivity contribution in [1.29, 1.82) is 0 Å². The van der Waals surface area contributed by atoms with E-state index in [1.807, 2.05) is 24.3 Å². The molecule has 2 unspecified atom stereocenters. The van der Waals surface area contributed by atoms with Crippen molar-refractivity contribution in [2.45, 2.75) is 13.2 Å². The molecule has 32 heavy (non-hydrogen) atoms. The van der Waals surface area contributed by atoms with Gasteiger partial charge in [0.25, 0.3) is 0 Å². The van der Waals surface area contributed by atoms with E-state index in [9.17, 15) is 10.2 Å². The van der Waals surface area contributed by atoms with E-state index in [2.05, 4.69) is 84.9 Å². The lowest BCUT2D eigenvalue weighted by Crippen LogP contribution is -2.23. The van der Waals surface area contributed by atoms with Gasteiger partial charge in [-0.2, -0.15) is 0 Å². The minimum absolute atomic E-state index is 0.0582. The van der Waals surface area contributed by atoms with E-state index in [-0.39, 0.29) is 13.2 Å². The molecule has 4 rings (SSSR count). The topological polar surface area (TPSA) is 40.5 Å². The third-order valence-corrected chi connectivity index (χ3v) is 11.2. The van der Waals surface area contributed by atoms with Crippen LogP contribution in [0.5, 0.6) is 0 Å². The van der Waals surface area contributed by atoms with Gasteiger partial charge in [-0.15, -0.1) is 0 Å². The number of benzene rings is 4. The van der Waals surface area contributed by atoms with Crippen LogP contribution in [0.15, 0.2) is 109 Å². The van der Waals surface area contributed by atoms with Gasteiger partial charge < -0.3 is 10.2 Å². The maximum Gasteiger partial charge on any atom is 0.0688 e. The van der Waals surface area contributed by atoms with E-state index in [1.54, 1.807) is 0 Å². The third kappa shape index (κ3) is 5.34. The Hall–Kier alpha value is -2.34. The van der Waals surface area contributed by atoms with Crippen molar-refractivity contribution in [3.8, 4) is 0 Å². The van der Waals surface area contributed by atoms with Crippen LogP contribution in [-0.4, -0.2) is 22.5 Å². The third-order valence-electron chi connectivity index (χ3n) is 5.59. The van der Waals surface area contributed by atoms with Crippen molar-refractivity contribution < 1.29 is 10.2 Å². The molecule has 0 heterocycles. The first kappa shape index (κ1) is 22.8. The van der Waals surface area contributed by atoms with Gasteiger partial charge in [0.2, 0.25) is 0 Å².